The van der Waals surface area contributed by atoms with Crippen molar-refractivity contribution in [3.8, 4) is 23.1 Å². The third-order valence-electron chi connectivity index (χ3n) is 9.76. The van der Waals surface area contributed by atoms with Crippen LogP contribution in [-0.4, -0.2) is 89.6 Å². The smallest absolute Gasteiger partial charge is 0.319 e. The van der Waals surface area contributed by atoms with Crippen LogP contribution >= 0.6 is 0 Å². The number of anilines is 2. The minimum absolute atomic E-state index is 0.0232. The molecule has 46 heavy (non-hydrogen) atoms. The van der Waals surface area contributed by atoms with Gasteiger partial charge in [0.05, 0.1) is 24.9 Å². The Morgan fingerprint density at radius 2 is 2.02 bits per heavy atom. The average molecular weight is 644 g/mol. The molecule has 3 aromatic rings. The molecule has 0 aliphatic carbocycles. The van der Waals surface area contributed by atoms with Crippen LogP contribution in [0.4, 0.5) is 29.1 Å². The van der Waals surface area contributed by atoms with Crippen molar-refractivity contribution < 1.29 is 31.8 Å². The summed E-state index contributed by atoms with van der Waals surface area (Å²) >= 11 is 0. The van der Waals surface area contributed by atoms with Gasteiger partial charge in [-0.1, -0.05) is 6.92 Å². The molecule has 6 heterocycles. The Bertz CT molecular complexity index is 1700. The van der Waals surface area contributed by atoms with E-state index in [1.807, 2.05) is 6.92 Å². The van der Waals surface area contributed by atoms with Gasteiger partial charge in [0.15, 0.2) is 11.6 Å². The van der Waals surface area contributed by atoms with Crippen LogP contribution in [0.1, 0.15) is 44.2 Å². The molecule has 0 bridgehead atoms. The first-order chi connectivity index (χ1) is 22.1. The molecule has 14 heteroatoms. The number of nitrogens with one attached hydrogen (secondary N) is 1. The molecule has 3 saturated heterocycles. The van der Waals surface area contributed by atoms with Gasteiger partial charge in [-0.25, -0.2) is 13.8 Å². The fourth-order valence-corrected chi connectivity index (χ4v) is 7.31. The van der Waals surface area contributed by atoms with Crippen molar-refractivity contribution in [3.05, 3.63) is 34.9 Å². The molecule has 7 rings (SSSR count). The van der Waals surface area contributed by atoms with Gasteiger partial charge in [0.25, 0.3) is 6.08 Å². The predicted octanol–water partition coefficient (Wildman–Crippen LogP) is 4.68. The number of nitrogens with two attached hydrogens (primary N) is 1. The number of nitrogen functional groups attached to an aromatic ring is 1. The second-order valence-electron chi connectivity index (χ2n) is 12.5. The molecule has 4 aliphatic heterocycles. The average Bonchev–Trinajstić information content (AvgIpc) is 3.41. The zero-order valence-electron chi connectivity index (χ0n) is 26.0. The van der Waals surface area contributed by atoms with Crippen LogP contribution in [0.25, 0.3) is 28.2 Å². The quantitative estimate of drug-likeness (QED) is 0.290. The van der Waals surface area contributed by atoms with Gasteiger partial charge in [-0.2, -0.15) is 18.7 Å². The normalized spacial score (nSPS) is 25.9. The third-order valence-corrected chi connectivity index (χ3v) is 9.76. The van der Waals surface area contributed by atoms with Crippen molar-refractivity contribution in [3.63, 3.8) is 0 Å². The summed E-state index contributed by atoms with van der Waals surface area (Å²) in [5.41, 5.74) is 4.32. The Labute approximate surface area is 263 Å². The third kappa shape index (κ3) is 5.29. The van der Waals surface area contributed by atoms with E-state index in [4.69, 9.17) is 24.9 Å². The Hall–Kier alpha value is -3.75. The lowest BCUT2D eigenvalue weighted by Crippen LogP contribution is -2.60. The molecule has 0 radical (unpaired) electrons. The molecule has 0 saturated carbocycles. The maximum Gasteiger partial charge on any atom is 0.319 e. The molecule has 246 valence electrons. The summed E-state index contributed by atoms with van der Waals surface area (Å²) in [4.78, 5) is 18.2. The van der Waals surface area contributed by atoms with Gasteiger partial charge in [-0.05, 0) is 50.3 Å². The molecular formula is C32H37F4N7O3. The van der Waals surface area contributed by atoms with Crippen LogP contribution in [0.2, 0.25) is 0 Å². The highest BCUT2D eigenvalue weighted by Crippen LogP contribution is 2.44. The fraction of sp³-hybridized carbons (Fsp3) is 0.531. The highest BCUT2D eigenvalue weighted by Gasteiger charge is 2.40. The van der Waals surface area contributed by atoms with Crippen molar-refractivity contribution in [2.24, 2.45) is 0 Å². The molecule has 3 N–H and O–H groups in total. The molecule has 0 unspecified atom stereocenters. The number of ether oxygens (including phenoxy) is 3. The van der Waals surface area contributed by atoms with Crippen LogP contribution in [0.3, 0.4) is 0 Å². The first kappa shape index (κ1) is 30.9. The van der Waals surface area contributed by atoms with Gasteiger partial charge in [0, 0.05) is 49.4 Å². The minimum Gasteiger partial charge on any atom is -0.472 e. The number of piperazine rings is 1. The summed E-state index contributed by atoms with van der Waals surface area (Å²) in [7, 11) is 0. The van der Waals surface area contributed by atoms with Crippen molar-refractivity contribution >= 4 is 28.5 Å². The Morgan fingerprint density at radius 3 is 2.80 bits per heavy atom. The zero-order valence-corrected chi connectivity index (χ0v) is 26.0. The topological polar surface area (TPSA) is 111 Å². The molecule has 0 spiro atoms. The largest absolute Gasteiger partial charge is 0.472 e. The monoisotopic (exact) mass is 643 g/mol. The Kier molecular flexibility index (Phi) is 8.14. The molecular weight excluding hydrogens is 606 g/mol. The van der Waals surface area contributed by atoms with E-state index in [9.17, 15) is 8.78 Å². The number of morpholine rings is 1. The number of fused-ring (bicyclic) bond motifs is 3. The number of halogens is 4. The number of pyridine rings is 1. The molecule has 3 fully saturated rings. The lowest BCUT2D eigenvalue weighted by molar-refractivity contribution is -0.0101. The van der Waals surface area contributed by atoms with E-state index in [0.717, 1.165) is 25.8 Å². The highest BCUT2D eigenvalue weighted by molar-refractivity contribution is 5.98. The number of benzene rings is 1. The lowest BCUT2D eigenvalue weighted by Gasteiger charge is -2.42. The molecule has 5 atom stereocenters. The molecule has 4 aliphatic rings. The summed E-state index contributed by atoms with van der Waals surface area (Å²) in [6.45, 7) is 8.99. The highest BCUT2D eigenvalue weighted by atomic mass is 19.3. The van der Waals surface area contributed by atoms with Gasteiger partial charge >= 0.3 is 6.01 Å². The molecule has 10 nitrogen and oxygen atoms in total. The van der Waals surface area contributed by atoms with E-state index in [1.54, 1.807) is 0 Å². The van der Waals surface area contributed by atoms with Crippen molar-refractivity contribution in [1.29, 1.82) is 0 Å². The SMILES string of the molecule is CC[C@@H]1CN2c3nc(OC[C@@H]4CC[C@H]5COCCN54)nc4c(F)c(-c5c(F)c(N)cc(C)c5C=C(F)F)nc(c34)O[C@@H](C)[C@@H]2CN1. The van der Waals surface area contributed by atoms with E-state index < -0.39 is 35.1 Å². The van der Waals surface area contributed by atoms with E-state index in [-0.39, 0.29) is 64.3 Å². The van der Waals surface area contributed by atoms with Gasteiger partial charge in [-0.15, -0.1) is 0 Å². The van der Waals surface area contributed by atoms with E-state index in [1.165, 1.54) is 13.0 Å². The Morgan fingerprint density at radius 1 is 1.20 bits per heavy atom. The Balaban J connectivity index is 1.41. The summed E-state index contributed by atoms with van der Waals surface area (Å²) in [6.07, 6.45) is 0.707. The summed E-state index contributed by atoms with van der Waals surface area (Å²) < 4.78 is 78.0. The first-order valence-corrected chi connectivity index (χ1v) is 15.8. The maximum atomic E-state index is 16.8. The molecule has 2 aromatic heterocycles. The van der Waals surface area contributed by atoms with E-state index >= 15 is 8.78 Å². The number of rotatable bonds is 6. The second-order valence-corrected chi connectivity index (χ2v) is 12.5. The van der Waals surface area contributed by atoms with Gasteiger partial charge in [0.1, 0.15) is 35.1 Å². The summed E-state index contributed by atoms with van der Waals surface area (Å²) in [5, 5.41) is 3.75. The van der Waals surface area contributed by atoms with Crippen LogP contribution in [0, 0.1) is 18.6 Å². The van der Waals surface area contributed by atoms with Crippen molar-refractivity contribution in [2.45, 2.75) is 70.3 Å². The summed E-state index contributed by atoms with van der Waals surface area (Å²) in [6, 6.07) is 1.57. The predicted molar refractivity (Wildman–Crippen MR) is 165 cm³/mol. The zero-order chi connectivity index (χ0) is 32.3. The fourth-order valence-electron chi connectivity index (χ4n) is 7.31. The van der Waals surface area contributed by atoms with Crippen LogP contribution in [0.15, 0.2) is 12.1 Å². The number of aryl methyl sites for hydroxylation is 1. The summed E-state index contributed by atoms with van der Waals surface area (Å²) in [5.74, 6) is -1.71. The molecule has 0 amide bonds. The standard InChI is InChI=1S/C32H37F4N7O3/c1-4-17-12-43-22(11-38-17)16(3)46-31-25-29(27(36)28(39-31)24-20(10-23(33)34)15(2)9-21(37)26(24)35)40-32(41-30(25)43)45-14-19-6-5-18-13-44-8-7-42(18)19/h9-10,16-19,22,38H,4-8,11-14,37H2,1-3H3/t16-,17+,18-,19-,22-/m0/s1. The first-order valence-electron chi connectivity index (χ1n) is 15.8. The van der Waals surface area contributed by atoms with Gasteiger partial charge < -0.3 is 30.2 Å². The number of hydrogen-bond donors (Lipinski definition) is 2. The van der Waals surface area contributed by atoms with Crippen molar-refractivity contribution in [1.82, 2.24) is 25.2 Å². The number of hydrogen-bond acceptors (Lipinski definition) is 10. The van der Waals surface area contributed by atoms with Crippen LogP contribution in [0.5, 0.6) is 11.9 Å². The van der Waals surface area contributed by atoms with Gasteiger partial charge in [-0.3, -0.25) is 4.90 Å². The minimum atomic E-state index is -2.08. The van der Waals surface area contributed by atoms with Crippen molar-refractivity contribution in [2.75, 3.05) is 50.1 Å². The van der Waals surface area contributed by atoms with Gasteiger partial charge in [0.2, 0.25) is 5.88 Å². The van der Waals surface area contributed by atoms with Crippen LogP contribution in [-0.2, 0) is 4.74 Å². The van der Waals surface area contributed by atoms with E-state index in [2.05, 4.69) is 32.0 Å². The number of nitrogens with zero attached hydrogens (tertiary/aromatic N) is 5. The second kappa shape index (κ2) is 12.1. The number of aromatic nitrogens is 3. The lowest BCUT2D eigenvalue weighted by atomic mass is 9.96. The molecule has 1 aromatic carbocycles. The maximum absolute atomic E-state index is 16.8. The van der Waals surface area contributed by atoms with E-state index in [0.29, 0.717) is 44.2 Å². The van der Waals surface area contributed by atoms with Crippen LogP contribution < -0.4 is 25.4 Å².